The van der Waals surface area contributed by atoms with Gasteiger partial charge < -0.3 is 10.2 Å². The maximum absolute atomic E-state index is 12.5. The third-order valence-electron chi connectivity index (χ3n) is 5.38. The molecule has 0 aliphatic carbocycles. The van der Waals surface area contributed by atoms with Crippen LogP contribution < -0.4 is 5.32 Å². The fourth-order valence-electron chi connectivity index (χ4n) is 3.71. The van der Waals surface area contributed by atoms with Crippen LogP contribution in [0.2, 0.25) is 0 Å². The summed E-state index contributed by atoms with van der Waals surface area (Å²) in [5.41, 5.74) is 2.32. The average Bonchev–Trinajstić information content (AvgIpc) is 3.19. The SMILES string of the molecule is CC(NC(=O)CCC(=O)N1CCc2sccc2C1)c1ccc2ccccc2c1. The summed E-state index contributed by atoms with van der Waals surface area (Å²) >= 11 is 1.76. The van der Waals surface area contributed by atoms with Crippen LogP contribution in [0.15, 0.2) is 53.9 Å². The molecule has 0 radical (unpaired) electrons. The summed E-state index contributed by atoms with van der Waals surface area (Å²) in [6.07, 6.45) is 1.41. The molecule has 1 aliphatic heterocycles. The van der Waals surface area contributed by atoms with Crippen molar-refractivity contribution in [2.75, 3.05) is 6.54 Å². The topological polar surface area (TPSA) is 49.4 Å². The first kappa shape index (κ1) is 18.7. The van der Waals surface area contributed by atoms with E-state index in [-0.39, 0.29) is 30.7 Å². The Morgan fingerprint density at radius 3 is 2.79 bits per heavy atom. The predicted molar refractivity (Wildman–Crippen MR) is 113 cm³/mol. The van der Waals surface area contributed by atoms with Gasteiger partial charge in [-0.1, -0.05) is 36.4 Å². The molecule has 1 unspecified atom stereocenters. The number of hydrogen-bond donors (Lipinski definition) is 1. The van der Waals surface area contributed by atoms with Crippen molar-refractivity contribution in [3.8, 4) is 0 Å². The van der Waals surface area contributed by atoms with E-state index in [1.807, 2.05) is 30.0 Å². The summed E-state index contributed by atoms with van der Waals surface area (Å²) in [6.45, 7) is 3.40. The quantitative estimate of drug-likeness (QED) is 0.698. The van der Waals surface area contributed by atoms with Crippen LogP contribution in [0.25, 0.3) is 10.8 Å². The van der Waals surface area contributed by atoms with Gasteiger partial charge in [-0.25, -0.2) is 0 Å². The molecule has 0 fully saturated rings. The molecule has 0 bridgehead atoms. The molecule has 2 heterocycles. The molecule has 144 valence electrons. The molecule has 4 nitrogen and oxygen atoms in total. The van der Waals surface area contributed by atoms with Gasteiger partial charge in [0.25, 0.3) is 0 Å². The van der Waals surface area contributed by atoms with E-state index in [1.165, 1.54) is 15.8 Å². The van der Waals surface area contributed by atoms with Gasteiger partial charge in [-0.15, -0.1) is 11.3 Å². The molecule has 0 spiro atoms. The number of nitrogens with one attached hydrogen (secondary N) is 1. The lowest BCUT2D eigenvalue weighted by Gasteiger charge is -2.27. The van der Waals surface area contributed by atoms with E-state index in [2.05, 4.69) is 41.0 Å². The molecular formula is C23H24N2O2S. The number of hydrogen-bond acceptors (Lipinski definition) is 3. The minimum Gasteiger partial charge on any atom is -0.350 e. The maximum Gasteiger partial charge on any atom is 0.223 e. The van der Waals surface area contributed by atoms with E-state index in [0.717, 1.165) is 23.9 Å². The first-order valence-corrected chi connectivity index (χ1v) is 10.6. The lowest BCUT2D eigenvalue weighted by atomic mass is 10.0. The molecule has 1 atom stereocenters. The van der Waals surface area contributed by atoms with Gasteiger partial charge in [0.15, 0.2) is 0 Å². The second kappa shape index (κ2) is 8.15. The first-order chi connectivity index (χ1) is 13.6. The summed E-state index contributed by atoms with van der Waals surface area (Å²) in [5.74, 6) is -0.0207. The van der Waals surface area contributed by atoms with E-state index < -0.39 is 0 Å². The average molecular weight is 393 g/mol. The highest BCUT2D eigenvalue weighted by Gasteiger charge is 2.22. The zero-order valence-electron chi connectivity index (χ0n) is 16.0. The van der Waals surface area contributed by atoms with Crippen LogP contribution >= 0.6 is 11.3 Å². The highest BCUT2D eigenvalue weighted by atomic mass is 32.1. The van der Waals surface area contributed by atoms with Crippen LogP contribution in [0.5, 0.6) is 0 Å². The molecule has 1 N–H and O–H groups in total. The molecule has 5 heteroatoms. The number of nitrogens with zero attached hydrogens (tertiary/aromatic N) is 1. The standard InChI is InChI=1S/C23H24N2O2S/c1-16(18-7-6-17-4-2-3-5-19(17)14-18)24-22(26)8-9-23(27)25-12-10-21-20(15-25)11-13-28-21/h2-7,11,13-14,16H,8-10,12,15H2,1H3,(H,24,26). The summed E-state index contributed by atoms with van der Waals surface area (Å²) in [6, 6.07) is 16.4. The number of rotatable bonds is 5. The Morgan fingerprint density at radius 1 is 1.11 bits per heavy atom. The number of carbonyl (C=O) groups excluding carboxylic acids is 2. The van der Waals surface area contributed by atoms with Crippen molar-refractivity contribution >= 4 is 33.9 Å². The Labute approximate surface area is 169 Å². The number of benzene rings is 2. The Bertz CT molecular complexity index is 1010. The van der Waals surface area contributed by atoms with Crippen LogP contribution in [-0.2, 0) is 22.6 Å². The minimum atomic E-state index is -0.0874. The predicted octanol–water partition coefficient (Wildman–Crippen LogP) is 4.44. The normalized spacial score (nSPS) is 14.5. The lowest BCUT2D eigenvalue weighted by Crippen LogP contribution is -2.36. The second-order valence-corrected chi connectivity index (χ2v) is 8.33. The molecule has 1 aromatic heterocycles. The largest absolute Gasteiger partial charge is 0.350 e. The molecule has 28 heavy (non-hydrogen) atoms. The lowest BCUT2D eigenvalue weighted by molar-refractivity contribution is -0.134. The van der Waals surface area contributed by atoms with Gasteiger partial charge in [0.1, 0.15) is 0 Å². The van der Waals surface area contributed by atoms with E-state index in [0.29, 0.717) is 6.54 Å². The van der Waals surface area contributed by atoms with E-state index >= 15 is 0 Å². The second-order valence-electron chi connectivity index (χ2n) is 7.33. The molecule has 2 amide bonds. The van der Waals surface area contributed by atoms with Crippen LogP contribution in [0.1, 0.15) is 41.8 Å². The van der Waals surface area contributed by atoms with Crippen LogP contribution in [0, 0.1) is 0 Å². The van der Waals surface area contributed by atoms with Gasteiger partial charge in [-0.05, 0) is 52.8 Å². The van der Waals surface area contributed by atoms with Crippen molar-refractivity contribution in [1.29, 1.82) is 0 Å². The Kier molecular flexibility index (Phi) is 5.44. The van der Waals surface area contributed by atoms with Crippen molar-refractivity contribution < 1.29 is 9.59 Å². The molecule has 1 aliphatic rings. The van der Waals surface area contributed by atoms with Crippen LogP contribution in [0.3, 0.4) is 0 Å². The van der Waals surface area contributed by atoms with Gasteiger partial charge >= 0.3 is 0 Å². The van der Waals surface area contributed by atoms with Crippen molar-refractivity contribution in [2.45, 2.75) is 38.8 Å². The fourth-order valence-corrected chi connectivity index (χ4v) is 4.60. The zero-order valence-corrected chi connectivity index (χ0v) is 16.8. The number of thiophene rings is 1. The molecule has 0 saturated heterocycles. The van der Waals surface area contributed by atoms with Crippen molar-refractivity contribution in [2.24, 2.45) is 0 Å². The monoisotopic (exact) mass is 392 g/mol. The first-order valence-electron chi connectivity index (χ1n) is 9.71. The van der Waals surface area contributed by atoms with Gasteiger partial charge in [0.05, 0.1) is 6.04 Å². The van der Waals surface area contributed by atoms with Crippen LogP contribution in [0.4, 0.5) is 0 Å². The zero-order chi connectivity index (χ0) is 19.5. The Balaban J connectivity index is 1.29. The summed E-state index contributed by atoms with van der Waals surface area (Å²) in [7, 11) is 0. The molecule has 3 aromatic rings. The Morgan fingerprint density at radius 2 is 1.93 bits per heavy atom. The molecular weight excluding hydrogens is 368 g/mol. The van der Waals surface area contributed by atoms with E-state index in [1.54, 1.807) is 11.3 Å². The van der Waals surface area contributed by atoms with E-state index in [4.69, 9.17) is 0 Å². The summed E-state index contributed by atoms with van der Waals surface area (Å²) in [5, 5.41) is 7.45. The number of fused-ring (bicyclic) bond motifs is 2. The smallest absolute Gasteiger partial charge is 0.223 e. The van der Waals surface area contributed by atoms with Gasteiger partial charge in [-0.3, -0.25) is 9.59 Å². The third-order valence-corrected chi connectivity index (χ3v) is 6.40. The fraction of sp³-hybridized carbons (Fsp3) is 0.304. The highest BCUT2D eigenvalue weighted by Crippen LogP contribution is 2.24. The highest BCUT2D eigenvalue weighted by molar-refractivity contribution is 7.10. The molecule has 0 saturated carbocycles. The van der Waals surface area contributed by atoms with E-state index in [9.17, 15) is 9.59 Å². The number of amides is 2. The maximum atomic E-state index is 12.5. The number of carbonyl (C=O) groups is 2. The molecule has 2 aromatic carbocycles. The van der Waals surface area contributed by atoms with Crippen molar-refractivity contribution in [3.05, 3.63) is 69.9 Å². The van der Waals surface area contributed by atoms with Gasteiger partial charge in [0.2, 0.25) is 11.8 Å². The third kappa shape index (κ3) is 4.09. The molecule has 4 rings (SSSR count). The van der Waals surface area contributed by atoms with Crippen molar-refractivity contribution in [3.63, 3.8) is 0 Å². The Hall–Kier alpha value is -2.66. The minimum absolute atomic E-state index is 0.0605. The van der Waals surface area contributed by atoms with Gasteiger partial charge in [-0.2, -0.15) is 0 Å². The van der Waals surface area contributed by atoms with Crippen LogP contribution in [-0.4, -0.2) is 23.3 Å². The van der Waals surface area contributed by atoms with Crippen molar-refractivity contribution in [1.82, 2.24) is 10.2 Å². The summed E-state index contributed by atoms with van der Waals surface area (Å²) < 4.78 is 0. The van der Waals surface area contributed by atoms with Gasteiger partial charge in [0, 0.05) is 30.8 Å². The summed E-state index contributed by atoms with van der Waals surface area (Å²) in [4.78, 5) is 28.1.